The minimum atomic E-state index is -0.806. The highest BCUT2D eigenvalue weighted by atomic mass is 35.5. The minimum Gasteiger partial charge on any atom is -0.481 e. The molecule has 0 radical (unpaired) electrons. The van der Waals surface area contributed by atoms with Crippen molar-refractivity contribution in [2.24, 2.45) is 11.8 Å². The minimum absolute atomic E-state index is 0.0983. The molecule has 1 aromatic carbocycles. The summed E-state index contributed by atoms with van der Waals surface area (Å²) in [6.07, 6.45) is 1.98. The number of halogens is 1. The quantitative estimate of drug-likeness (QED) is 0.917. The molecule has 1 aromatic heterocycles. The highest BCUT2D eigenvalue weighted by Gasteiger charge is 2.34. The maximum absolute atomic E-state index is 12.6. The number of para-hydroxylation sites is 1. The standard InChI is InChI=1S/C16H17ClN4O3/c1-10-8-20(7-6-11(10)16(23)24)15(22)13-9-21(19-18-13)14-5-3-2-4-12(14)17/h2-5,9-11H,6-8H2,1H3,(H,23,24). The van der Waals surface area contributed by atoms with E-state index >= 15 is 0 Å². The van der Waals surface area contributed by atoms with Crippen molar-refractivity contribution in [3.8, 4) is 5.69 Å². The summed E-state index contributed by atoms with van der Waals surface area (Å²) in [5, 5.41) is 17.6. The van der Waals surface area contributed by atoms with Gasteiger partial charge in [-0.3, -0.25) is 9.59 Å². The van der Waals surface area contributed by atoms with E-state index in [9.17, 15) is 9.59 Å². The molecule has 1 saturated heterocycles. The van der Waals surface area contributed by atoms with Gasteiger partial charge < -0.3 is 10.0 Å². The van der Waals surface area contributed by atoms with Crippen LogP contribution in [0.3, 0.4) is 0 Å². The summed E-state index contributed by atoms with van der Waals surface area (Å²) in [6, 6.07) is 7.15. The molecule has 2 heterocycles. The van der Waals surface area contributed by atoms with Crippen LogP contribution >= 0.6 is 11.6 Å². The third-order valence-electron chi connectivity index (χ3n) is 4.32. The molecule has 0 saturated carbocycles. The van der Waals surface area contributed by atoms with E-state index in [2.05, 4.69) is 10.3 Å². The van der Waals surface area contributed by atoms with Crippen LogP contribution < -0.4 is 0 Å². The smallest absolute Gasteiger partial charge is 0.306 e. The van der Waals surface area contributed by atoms with Crippen molar-refractivity contribution in [1.29, 1.82) is 0 Å². The number of amides is 1. The largest absolute Gasteiger partial charge is 0.481 e. The van der Waals surface area contributed by atoms with E-state index in [0.717, 1.165) is 0 Å². The molecule has 1 N–H and O–H groups in total. The fourth-order valence-corrected chi connectivity index (χ4v) is 3.20. The number of aliphatic carboxylic acids is 1. The number of carbonyl (C=O) groups excluding carboxylic acids is 1. The molecule has 8 heteroatoms. The number of piperidine rings is 1. The fraction of sp³-hybridized carbons (Fsp3) is 0.375. The molecular formula is C16H17ClN4O3. The van der Waals surface area contributed by atoms with E-state index in [1.165, 1.54) is 10.9 Å². The summed E-state index contributed by atoms with van der Waals surface area (Å²) in [6.45, 7) is 2.65. The third-order valence-corrected chi connectivity index (χ3v) is 4.64. The second-order valence-electron chi connectivity index (χ2n) is 5.96. The summed E-state index contributed by atoms with van der Waals surface area (Å²) < 4.78 is 1.46. The van der Waals surface area contributed by atoms with Crippen molar-refractivity contribution in [3.05, 3.63) is 41.2 Å². The number of aromatic nitrogens is 3. The Morgan fingerprint density at radius 2 is 2.08 bits per heavy atom. The second kappa shape index (κ2) is 6.60. The van der Waals surface area contributed by atoms with Crippen molar-refractivity contribution in [3.63, 3.8) is 0 Å². The SMILES string of the molecule is CC1CN(C(=O)c2cn(-c3ccccc3Cl)nn2)CCC1C(=O)O. The van der Waals surface area contributed by atoms with Crippen molar-refractivity contribution in [2.75, 3.05) is 13.1 Å². The molecule has 1 amide bonds. The van der Waals surface area contributed by atoms with Crippen LogP contribution in [0.1, 0.15) is 23.8 Å². The summed E-state index contributed by atoms with van der Waals surface area (Å²) in [5.74, 6) is -1.56. The van der Waals surface area contributed by atoms with Crippen molar-refractivity contribution in [2.45, 2.75) is 13.3 Å². The first-order valence-corrected chi connectivity index (χ1v) is 8.04. The third kappa shape index (κ3) is 3.12. The van der Waals surface area contributed by atoms with Gasteiger partial charge in [0.2, 0.25) is 0 Å². The lowest BCUT2D eigenvalue weighted by atomic mass is 9.87. The van der Waals surface area contributed by atoms with Gasteiger partial charge in [0.15, 0.2) is 5.69 Å². The Kier molecular flexibility index (Phi) is 4.53. The molecule has 1 aliphatic rings. The van der Waals surface area contributed by atoms with Crippen LogP contribution in [0.4, 0.5) is 0 Å². The number of likely N-dealkylation sites (tertiary alicyclic amines) is 1. The number of hydrogen-bond donors (Lipinski definition) is 1. The molecule has 3 rings (SSSR count). The second-order valence-corrected chi connectivity index (χ2v) is 6.37. The van der Waals surface area contributed by atoms with Crippen LogP contribution in [0.25, 0.3) is 5.69 Å². The predicted octanol–water partition coefficient (Wildman–Crippen LogP) is 2.10. The maximum atomic E-state index is 12.6. The zero-order valence-electron chi connectivity index (χ0n) is 13.1. The molecule has 2 unspecified atom stereocenters. The Bertz CT molecular complexity index is 776. The molecule has 0 aliphatic carbocycles. The van der Waals surface area contributed by atoms with Gasteiger partial charge in [-0.25, -0.2) is 4.68 Å². The lowest BCUT2D eigenvalue weighted by molar-refractivity contribution is -0.145. The number of carboxylic acid groups (broad SMARTS) is 1. The average molecular weight is 349 g/mol. The van der Waals surface area contributed by atoms with Gasteiger partial charge in [0.1, 0.15) is 0 Å². The first kappa shape index (κ1) is 16.4. The van der Waals surface area contributed by atoms with Gasteiger partial charge in [-0.2, -0.15) is 0 Å². The molecule has 7 nitrogen and oxygen atoms in total. The van der Waals surface area contributed by atoms with E-state index in [0.29, 0.717) is 30.2 Å². The summed E-state index contributed by atoms with van der Waals surface area (Å²) in [7, 11) is 0. The lowest BCUT2D eigenvalue weighted by Gasteiger charge is -2.34. The number of carbonyl (C=O) groups is 2. The van der Waals surface area contributed by atoms with E-state index in [1.54, 1.807) is 17.0 Å². The van der Waals surface area contributed by atoms with Crippen LogP contribution in [-0.2, 0) is 4.79 Å². The summed E-state index contributed by atoms with van der Waals surface area (Å²) in [4.78, 5) is 25.4. The predicted molar refractivity (Wildman–Crippen MR) is 87.2 cm³/mol. The first-order chi connectivity index (χ1) is 11.5. The van der Waals surface area contributed by atoms with Gasteiger partial charge in [0.25, 0.3) is 5.91 Å². The van der Waals surface area contributed by atoms with Gasteiger partial charge >= 0.3 is 5.97 Å². The average Bonchev–Trinajstić information content (AvgIpc) is 3.03. The Hall–Kier alpha value is -2.41. The molecule has 2 aromatic rings. The molecule has 2 atom stereocenters. The number of rotatable bonds is 3. The van der Waals surface area contributed by atoms with Crippen LogP contribution in [-0.4, -0.2) is 50.0 Å². The zero-order chi connectivity index (χ0) is 17.3. The molecule has 126 valence electrons. The topological polar surface area (TPSA) is 88.3 Å². The van der Waals surface area contributed by atoms with Gasteiger partial charge in [-0.15, -0.1) is 5.10 Å². The molecule has 24 heavy (non-hydrogen) atoms. The number of nitrogens with zero attached hydrogens (tertiary/aromatic N) is 4. The summed E-state index contributed by atoms with van der Waals surface area (Å²) in [5.41, 5.74) is 0.861. The van der Waals surface area contributed by atoms with Crippen LogP contribution in [0.2, 0.25) is 5.02 Å². The van der Waals surface area contributed by atoms with E-state index in [4.69, 9.17) is 16.7 Å². The zero-order valence-corrected chi connectivity index (χ0v) is 13.8. The highest BCUT2D eigenvalue weighted by Crippen LogP contribution is 2.25. The van der Waals surface area contributed by atoms with Crippen LogP contribution in [0, 0.1) is 11.8 Å². The number of benzene rings is 1. The van der Waals surface area contributed by atoms with Gasteiger partial charge in [-0.1, -0.05) is 35.9 Å². The number of carboxylic acids is 1. The van der Waals surface area contributed by atoms with Gasteiger partial charge in [0, 0.05) is 13.1 Å². The van der Waals surface area contributed by atoms with Gasteiger partial charge in [0.05, 0.1) is 22.8 Å². The molecule has 1 fully saturated rings. The van der Waals surface area contributed by atoms with E-state index < -0.39 is 11.9 Å². The monoisotopic (exact) mass is 348 g/mol. The van der Waals surface area contributed by atoms with Crippen molar-refractivity contribution < 1.29 is 14.7 Å². The molecule has 0 bridgehead atoms. The maximum Gasteiger partial charge on any atom is 0.306 e. The Balaban J connectivity index is 1.75. The van der Waals surface area contributed by atoms with Crippen LogP contribution in [0.5, 0.6) is 0 Å². The Labute approximate surface area is 143 Å². The Morgan fingerprint density at radius 3 is 2.75 bits per heavy atom. The van der Waals surface area contributed by atoms with E-state index in [1.807, 2.05) is 19.1 Å². The number of hydrogen-bond acceptors (Lipinski definition) is 4. The lowest BCUT2D eigenvalue weighted by Crippen LogP contribution is -2.45. The highest BCUT2D eigenvalue weighted by molar-refractivity contribution is 6.32. The van der Waals surface area contributed by atoms with Gasteiger partial charge in [-0.05, 0) is 24.5 Å². The Morgan fingerprint density at radius 1 is 1.33 bits per heavy atom. The molecule has 1 aliphatic heterocycles. The van der Waals surface area contributed by atoms with Crippen LogP contribution in [0.15, 0.2) is 30.5 Å². The first-order valence-electron chi connectivity index (χ1n) is 7.66. The van der Waals surface area contributed by atoms with Crippen molar-refractivity contribution in [1.82, 2.24) is 19.9 Å². The molecular weight excluding hydrogens is 332 g/mol. The van der Waals surface area contributed by atoms with E-state index in [-0.39, 0.29) is 17.5 Å². The normalized spacial score (nSPS) is 20.8. The fourth-order valence-electron chi connectivity index (χ4n) is 2.98. The summed E-state index contributed by atoms with van der Waals surface area (Å²) >= 11 is 6.12. The van der Waals surface area contributed by atoms with Crippen molar-refractivity contribution >= 4 is 23.5 Å². The molecule has 0 spiro atoms.